The fraction of sp³-hybridized carbons (Fsp3) is 0.200. The molecular weight excluding hydrogens is 324 g/mol. The zero-order chi connectivity index (χ0) is 15.2. The van der Waals surface area contributed by atoms with E-state index in [-0.39, 0.29) is 24.9 Å². The molecule has 0 bridgehead atoms. The van der Waals surface area contributed by atoms with Crippen molar-refractivity contribution in [3.63, 3.8) is 0 Å². The molecule has 0 aliphatic carbocycles. The molecule has 1 aromatic heterocycles. The molecule has 0 fully saturated rings. The lowest BCUT2D eigenvalue weighted by atomic mass is 10.2. The summed E-state index contributed by atoms with van der Waals surface area (Å²) in [5.74, 6) is -0.834. The minimum atomic E-state index is -0.796. The molecule has 5 nitrogen and oxygen atoms in total. The predicted molar refractivity (Wildman–Crippen MR) is 89.3 cm³/mol. The van der Waals surface area contributed by atoms with E-state index in [1.807, 2.05) is 17.5 Å². The lowest BCUT2D eigenvalue weighted by Crippen LogP contribution is -2.41. The van der Waals surface area contributed by atoms with Crippen LogP contribution in [0.25, 0.3) is 0 Å². The number of nitrogens with two attached hydrogens (primary N) is 1. The van der Waals surface area contributed by atoms with Crippen LogP contribution in [0.1, 0.15) is 10.9 Å². The molecule has 22 heavy (non-hydrogen) atoms. The van der Waals surface area contributed by atoms with Crippen molar-refractivity contribution in [2.45, 2.75) is 6.04 Å². The number of thiophene rings is 1. The highest BCUT2D eigenvalue weighted by molar-refractivity contribution is 7.10. The number of benzene rings is 1. The van der Waals surface area contributed by atoms with E-state index >= 15 is 0 Å². The molecule has 1 heterocycles. The predicted octanol–water partition coefficient (Wildman–Crippen LogP) is 2.38. The minimum Gasteiger partial charge on any atom is -0.468 e. The fourth-order valence-corrected chi connectivity index (χ4v) is 2.57. The van der Waals surface area contributed by atoms with E-state index in [1.54, 1.807) is 30.3 Å². The molecule has 1 aromatic carbocycles. The van der Waals surface area contributed by atoms with Gasteiger partial charge in [0.1, 0.15) is 12.6 Å². The van der Waals surface area contributed by atoms with Crippen LogP contribution in [0.3, 0.4) is 0 Å². The van der Waals surface area contributed by atoms with Gasteiger partial charge in [0.25, 0.3) is 0 Å². The number of esters is 1. The Bertz CT molecular complexity index is 605. The van der Waals surface area contributed by atoms with Gasteiger partial charge in [0.05, 0.1) is 7.11 Å². The summed E-state index contributed by atoms with van der Waals surface area (Å²) in [6.07, 6.45) is 0. The Morgan fingerprint density at radius 3 is 2.45 bits per heavy atom. The van der Waals surface area contributed by atoms with E-state index in [0.29, 0.717) is 5.69 Å². The highest BCUT2D eigenvalue weighted by Crippen LogP contribution is 2.22. The number of methoxy groups -OCH3 is 1. The zero-order valence-electron chi connectivity index (χ0n) is 12.0. The van der Waals surface area contributed by atoms with Gasteiger partial charge in [-0.1, -0.05) is 24.3 Å². The third-order valence-corrected chi connectivity index (χ3v) is 3.92. The van der Waals surface area contributed by atoms with Crippen LogP contribution in [0.15, 0.2) is 47.8 Å². The van der Waals surface area contributed by atoms with Crippen molar-refractivity contribution in [1.29, 1.82) is 0 Å². The van der Waals surface area contributed by atoms with Crippen LogP contribution in [0.5, 0.6) is 0 Å². The van der Waals surface area contributed by atoms with Crippen molar-refractivity contribution >= 4 is 41.3 Å². The SMILES string of the molecule is COC(=O)CN(C(=O)[C@H](N)c1cccs1)c1ccccc1.Cl. The third-order valence-electron chi connectivity index (χ3n) is 2.96. The average molecular weight is 341 g/mol. The summed E-state index contributed by atoms with van der Waals surface area (Å²) in [5.41, 5.74) is 6.62. The molecule has 2 rings (SSSR count). The largest absolute Gasteiger partial charge is 0.468 e. The van der Waals surface area contributed by atoms with Crippen molar-refractivity contribution in [2.24, 2.45) is 5.73 Å². The van der Waals surface area contributed by atoms with E-state index in [1.165, 1.54) is 23.3 Å². The van der Waals surface area contributed by atoms with Crippen molar-refractivity contribution in [1.82, 2.24) is 0 Å². The maximum atomic E-state index is 12.6. The van der Waals surface area contributed by atoms with Crippen molar-refractivity contribution < 1.29 is 14.3 Å². The van der Waals surface area contributed by atoms with Crippen molar-refractivity contribution in [2.75, 3.05) is 18.6 Å². The van der Waals surface area contributed by atoms with E-state index in [4.69, 9.17) is 5.73 Å². The number of carbonyl (C=O) groups is 2. The molecule has 118 valence electrons. The molecular formula is C15H17ClN2O3S. The maximum Gasteiger partial charge on any atom is 0.325 e. The number of rotatable bonds is 5. The lowest BCUT2D eigenvalue weighted by Gasteiger charge is -2.24. The van der Waals surface area contributed by atoms with Crippen LogP contribution in [-0.2, 0) is 14.3 Å². The number of para-hydroxylation sites is 1. The first-order valence-electron chi connectivity index (χ1n) is 6.35. The van der Waals surface area contributed by atoms with Crippen LogP contribution in [0.2, 0.25) is 0 Å². The summed E-state index contributed by atoms with van der Waals surface area (Å²) in [6, 6.07) is 11.8. The Morgan fingerprint density at radius 1 is 1.23 bits per heavy atom. The number of hydrogen-bond donors (Lipinski definition) is 1. The van der Waals surface area contributed by atoms with E-state index in [0.717, 1.165) is 4.88 Å². The number of carbonyl (C=O) groups excluding carboxylic acids is 2. The Kier molecular flexibility index (Phi) is 7.04. The van der Waals surface area contributed by atoms with Crippen molar-refractivity contribution in [3.8, 4) is 0 Å². The molecule has 0 aliphatic rings. The summed E-state index contributed by atoms with van der Waals surface area (Å²) < 4.78 is 4.65. The first-order valence-corrected chi connectivity index (χ1v) is 7.23. The van der Waals surface area contributed by atoms with Gasteiger partial charge in [-0.25, -0.2) is 0 Å². The first-order chi connectivity index (χ1) is 10.1. The standard InChI is InChI=1S/C15H16N2O3S.ClH/c1-20-13(18)10-17(11-6-3-2-4-7-11)15(19)14(16)12-8-5-9-21-12;/h2-9,14H,10,16H2,1H3;1H/t14-;/m1./s1. The van der Waals surface area contributed by atoms with E-state index in [9.17, 15) is 9.59 Å². The van der Waals surface area contributed by atoms with E-state index < -0.39 is 12.0 Å². The zero-order valence-corrected chi connectivity index (χ0v) is 13.6. The molecule has 0 unspecified atom stereocenters. The van der Waals surface area contributed by atoms with Gasteiger partial charge in [0, 0.05) is 10.6 Å². The quantitative estimate of drug-likeness (QED) is 0.848. The van der Waals surface area contributed by atoms with Gasteiger partial charge in [-0.2, -0.15) is 0 Å². The number of hydrogen-bond acceptors (Lipinski definition) is 5. The Labute approximate surface area is 139 Å². The monoisotopic (exact) mass is 340 g/mol. The third kappa shape index (κ3) is 4.30. The Balaban J connectivity index is 0.00000242. The minimum absolute atomic E-state index is 0. The number of nitrogens with zero attached hydrogens (tertiary/aromatic N) is 1. The Hall–Kier alpha value is -1.89. The normalized spacial score (nSPS) is 11.2. The molecule has 0 aliphatic heterocycles. The average Bonchev–Trinajstić information content (AvgIpc) is 3.06. The van der Waals surface area contributed by atoms with Gasteiger partial charge in [0.2, 0.25) is 5.91 Å². The second-order valence-corrected chi connectivity index (χ2v) is 5.31. The summed E-state index contributed by atoms with van der Waals surface area (Å²) in [6.45, 7) is -0.168. The fourth-order valence-electron chi connectivity index (χ4n) is 1.86. The topological polar surface area (TPSA) is 72.6 Å². The molecule has 0 saturated heterocycles. The summed E-state index contributed by atoms with van der Waals surface area (Å²) in [4.78, 5) is 26.2. The molecule has 1 atom stereocenters. The van der Waals surface area contributed by atoms with Crippen LogP contribution in [0, 0.1) is 0 Å². The second-order valence-electron chi connectivity index (χ2n) is 4.33. The number of amides is 1. The number of ether oxygens (including phenoxy) is 1. The van der Waals surface area contributed by atoms with Gasteiger partial charge >= 0.3 is 5.97 Å². The highest BCUT2D eigenvalue weighted by Gasteiger charge is 2.26. The number of anilines is 1. The molecule has 0 saturated carbocycles. The van der Waals surface area contributed by atoms with Crippen molar-refractivity contribution in [3.05, 3.63) is 52.7 Å². The van der Waals surface area contributed by atoms with Gasteiger partial charge < -0.3 is 10.5 Å². The van der Waals surface area contributed by atoms with Crippen LogP contribution in [-0.4, -0.2) is 25.5 Å². The summed E-state index contributed by atoms with van der Waals surface area (Å²) >= 11 is 1.41. The number of halogens is 1. The summed E-state index contributed by atoms with van der Waals surface area (Å²) in [7, 11) is 1.29. The molecule has 2 aromatic rings. The molecule has 7 heteroatoms. The van der Waals surface area contributed by atoms with Crippen LogP contribution < -0.4 is 10.6 Å². The molecule has 1 amide bonds. The molecule has 2 N–H and O–H groups in total. The molecule has 0 radical (unpaired) electrons. The smallest absolute Gasteiger partial charge is 0.325 e. The van der Waals surface area contributed by atoms with Gasteiger partial charge in [-0.3, -0.25) is 14.5 Å². The highest BCUT2D eigenvalue weighted by atomic mass is 35.5. The van der Waals surface area contributed by atoms with E-state index in [2.05, 4.69) is 4.74 Å². The second kappa shape index (κ2) is 8.53. The van der Waals surface area contributed by atoms with Gasteiger partial charge in [-0.05, 0) is 23.6 Å². The van der Waals surface area contributed by atoms with Gasteiger partial charge in [0.15, 0.2) is 0 Å². The van der Waals surface area contributed by atoms with Crippen LogP contribution >= 0.6 is 23.7 Å². The maximum absolute atomic E-state index is 12.6. The first kappa shape index (κ1) is 18.2. The summed E-state index contributed by atoms with van der Waals surface area (Å²) in [5, 5.41) is 1.86. The lowest BCUT2D eigenvalue weighted by molar-refractivity contribution is -0.140. The van der Waals surface area contributed by atoms with Crippen LogP contribution in [0.4, 0.5) is 5.69 Å². The van der Waals surface area contributed by atoms with Gasteiger partial charge in [-0.15, -0.1) is 23.7 Å². The Morgan fingerprint density at radius 2 is 1.91 bits per heavy atom. The molecule has 0 spiro atoms.